The van der Waals surface area contributed by atoms with E-state index in [1.165, 1.54) is 0 Å². The third-order valence-corrected chi connectivity index (χ3v) is 2.55. The molecule has 0 bridgehead atoms. The van der Waals surface area contributed by atoms with Gasteiger partial charge in [-0.25, -0.2) is 4.39 Å². The molecule has 1 N–H and O–H groups in total. The van der Waals surface area contributed by atoms with Crippen molar-refractivity contribution in [1.29, 1.82) is 0 Å². The summed E-state index contributed by atoms with van der Waals surface area (Å²) in [6.07, 6.45) is 2.21. The minimum absolute atomic E-state index is 0.0888. The molecule has 3 nitrogen and oxygen atoms in total. The Bertz CT molecular complexity index is 248. The van der Waals surface area contributed by atoms with Crippen LogP contribution in [0.25, 0.3) is 0 Å². The van der Waals surface area contributed by atoms with Gasteiger partial charge in [0.2, 0.25) is 5.91 Å². The SMILES string of the molecule is O=C(C1CNC1)N1CCC=C(F)C1. The van der Waals surface area contributed by atoms with Crippen LogP contribution in [0, 0.1) is 5.92 Å². The fraction of sp³-hybridized carbons (Fsp3) is 0.667. The van der Waals surface area contributed by atoms with E-state index >= 15 is 0 Å². The van der Waals surface area contributed by atoms with Gasteiger partial charge in [0.1, 0.15) is 5.83 Å². The zero-order chi connectivity index (χ0) is 9.26. The fourth-order valence-electron chi connectivity index (χ4n) is 1.61. The van der Waals surface area contributed by atoms with Gasteiger partial charge in [-0.2, -0.15) is 0 Å². The van der Waals surface area contributed by atoms with Gasteiger partial charge in [0.05, 0.1) is 12.5 Å². The van der Waals surface area contributed by atoms with Crippen LogP contribution in [0.5, 0.6) is 0 Å². The largest absolute Gasteiger partial charge is 0.335 e. The van der Waals surface area contributed by atoms with Crippen LogP contribution >= 0.6 is 0 Å². The molecule has 0 spiro atoms. The second kappa shape index (κ2) is 3.46. The van der Waals surface area contributed by atoms with Crippen LogP contribution in [0.2, 0.25) is 0 Å². The lowest BCUT2D eigenvalue weighted by molar-refractivity contribution is -0.137. The van der Waals surface area contributed by atoms with Crippen LogP contribution in [0.15, 0.2) is 11.9 Å². The van der Waals surface area contributed by atoms with E-state index in [1.54, 1.807) is 11.0 Å². The lowest BCUT2D eigenvalue weighted by Gasteiger charge is -2.33. The van der Waals surface area contributed by atoms with Crippen molar-refractivity contribution in [1.82, 2.24) is 10.2 Å². The molecule has 72 valence electrons. The van der Waals surface area contributed by atoms with Crippen molar-refractivity contribution in [2.24, 2.45) is 5.92 Å². The number of hydrogen-bond donors (Lipinski definition) is 1. The van der Waals surface area contributed by atoms with Crippen molar-refractivity contribution in [2.45, 2.75) is 6.42 Å². The highest BCUT2D eigenvalue weighted by Crippen LogP contribution is 2.15. The number of nitrogens with one attached hydrogen (secondary N) is 1. The highest BCUT2D eigenvalue weighted by molar-refractivity contribution is 5.80. The summed E-state index contributed by atoms with van der Waals surface area (Å²) < 4.78 is 12.8. The Morgan fingerprint density at radius 1 is 1.62 bits per heavy atom. The molecule has 0 atom stereocenters. The number of halogens is 1. The third-order valence-electron chi connectivity index (χ3n) is 2.55. The molecule has 1 saturated heterocycles. The van der Waals surface area contributed by atoms with E-state index in [2.05, 4.69) is 5.32 Å². The van der Waals surface area contributed by atoms with Gasteiger partial charge in [-0.15, -0.1) is 0 Å². The Balaban J connectivity index is 1.93. The quantitative estimate of drug-likeness (QED) is 0.635. The Labute approximate surface area is 76.6 Å². The second-order valence-corrected chi connectivity index (χ2v) is 3.55. The summed E-state index contributed by atoms with van der Waals surface area (Å²) in [6, 6.07) is 0. The number of amides is 1. The molecule has 2 heterocycles. The Morgan fingerprint density at radius 2 is 2.38 bits per heavy atom. The van der Waals surface area contributed by atoms with Crippen molar-refractivity contribution in [3.63, 3.8) is 0 Å². The lowest BCUT2D eigenvalue weighted by Crippen LogP contribution is -2.52. The van der Waals surface area contributed by atoms with Crippen molar-refractivity contribution < 1.29 is 9.18 Å². The monoisotopic (exact) mass is 184 g/mol. The van der Waals surface area contributed by atoms with Crippen molar-refractivity contribution >= 4 is 5.91 Å². The van der Waals surface area contributed by atoms with Crippen molar-refractivity contribution in [3.05, 3.63) is 11.9 Å². The maximum Gasteiger partial charge on any atom is 0.228 e. The summed E-state index contributed by atoms with van der Waals surface area (Å²) in [4.78, 5) is 13.2. The normalized spacial score (nSPS) is 23.8. The number of carbonyl (C=O) groups excluding carboxylic acids is 1. The number of nitrogens with zero attached hydrogens (tertiary/aromatic N) is 1. The predicted molar refractivity (Wildman–Crippen MR) is 46.7 cm³/mol. The molecule has 2 rings (SSSR count). The number of rotatable bonds is 1. The first-order chi connectivity index (χ1) is 6.27. The van der Waals surface area contributed by atoms with Gasteiger partial charge in [-0.1, -0.05) is 0 Å². The summed E-state index contributed by atoms with van der Waals surface area (Å²) >= 11 is 0. The first-order valence-electron chi connectivity index (χ1n) is 4.61. The maximum atomic E-state index is 12.8. The van der Waals surface area contributed by atoms with E-state index in [0.717, 1.165) is 13.1 Å². The summed E-state index contributed by atoms with van der Waals surface area (Å²) in [6.45, 7) is 2.35. The van der Waals surface area contributed by atoms with Crippen LogP contribution < -0.4 is 5.32 Å². The van der Waals surface area contributed by atoms with E-state index in [0.29, 0.717) is 13.0 Å². The molecule has 0 aromatic rings. The molecule has 1 amide bonds. The number of carbonyl (C=O) groups is 1. The van der Waals surface area contributed by atoms with Gasteiger partial charge >= 0.3 is 0 Å². The van der Waals surface area contributed by atoms with Crippen LogP contribution in [0.1, 0.15) is 6.42 Å². The zero-order valence-corrected chi connectivity index (χ0v) is 7.42. The van der Waals surface area contributed by atoms with E-state index in [-0.39, 0.29) is 24.2 Å². The molecule has 2 aliphatic heterocycles. The van der Waals surface area contributed by atoms with E-state index in [4.69, 9.17) is 0 Å². The first kappa shape index (κ1) is 8.69. The van der Waals surface area contributed by atoms with Crippen LogP contribution in [-0.2, 0) is 4.79 Å². The van der Waals surface area contributed by atoms with E-state index in [1.807, 2.05) is 0 Å². The number of hydrogen-bond acceptors (Lipinski definition) is 2. The second-order valence-electron chi connectivity index (χ2n) is 3.55. The first-order valence-corrected chi connectivity index (χ1v) is 4.61. The molecular weight excluding hydrogens is 171 g/mol. The summed E-state index contributed by atoms with van der Waals surface area (Å²) in [5.74, 6) is 0.0137. The highest BCUT2D eigenvalue weighted by atomic mass is 19.1. The maximum absolute atomic E-state index is 12.8. The molecule has 0 aromatic carbocycles. The molecular formula is C9H13FN2O. The molecule has 0 unspecified atom stereocenters. The standard InChI is InChI=1S/C9H13FN2O/c10-8-2-1-3-12(6-8)9(13)7-4-11-5-7/h2,7,11H,1,3-6H2. The Hall–Kier alpha value is -0.900. The summed E-state index contributed by atoms with van der Waals surface area (Å²) in [7, 11) is 0. The van der Waals surface area contributed by atoms with Gasteiger partial charge in [-0.05, 0) is 12.5 Å². The van der Waals surface area contributed by atoms with Gasteiger partial charge in [0.15, 0.2) is 0 Å². The van der Waals surface area contributed by atoms with Gasteiger partial charge < -0.3 is 10.2 Å². The molecule has 0 aliphatic carbocycles. The van der Waals surface area contributed by atoms with E-state index in [9.17, 15) is 9.18 Å². The molecule has 4 heteroatoms. The lowest BCUT2D eigenvalue weighted by atomic mass is 10.0. The van der Waals surface area contributed by atoms with Crippen molar-refractivity contribution in [2.75, 3.05) is 26.2 Å². The average molecular weight is 184 g/mol. The average Bonchev–Trinajstić information content (AvgIpc) is 2.01. The fourth-order valence-corrected chi connectivity index (χ4v) is 1.61. The molecule has 0 radical (unpaired) electrons. The topological polar surface area (TPSA) is 32.3 Å². The Kier molecular flexibility index (Phi) is 2.31. The molecule has 1 fully saturated rings. The summed E-state index contributed by atoms with van der Waals surface area (Å²) in [5.41, 5.74) is 0. The van der Waals surface area contributed by atoms with Crippen molar-refractivity contribution in [3.8, 4) is 0 Å². The van der Waals surface area contributed by atoms with Crippen LogP contribution in [-0.4, -0.2) is 37.0 Å². The van der Waals surface area contributed by atoms with Gasteiger partial charge in [0.25, 0.3) is 0 Å². The minimum atomic E-state index is -0.174. The summed E-state index contributed by atoms with van der Waals surface area (Å²) in [5, 5.41) is 3.04. The van der Waals surface area contributed by atoms with Crippen LogP contribution in [0.3, 0.4) is 0 Å². The Morgan fingerprint density at radius 3 is 2.92 bits per heavy atom. The highest BCUT2D eigenvalue weighted by Gasteiger charge is 2.30. The molecule has 0 saturated carbocycles. The smallest absolute Gasteiger partial charge is 0.228 e. The molecule has 2 aliphatic rings. The predicted octanol–water partition coefficient (Wildman–Crippen LogP) is 0.292. The van der Waals surface area contributed by atoms with E-state index < -0.39 is 0 Å². The minimum Gasteiger partial charge on any atom is -0.335 e. The zero-order valence-electron chi connectivity index (χ0n) is 7.42. The molecule has 0 aromatic heterocycles. The molecule has 13 heavy (non-hydrogen) atoms. The van der Waals surface area contributed by atoms with Gasteiger partial charge in [0, 0.05) is 19.6 Å². The van der Waals surface area contributed by atoms with Gasteiger partial charge in [-0.3, -0.25) is 4.79 Å². The third kappa shape index (κ3) is 1.72. The van der Waals surface area contributed by atoms with Crippen LogP contribution in [0.4, 0.5) is 4.39 Å².